The van der Waals surface area contributed by atoms with E-state index in [9.17, 15) is 9.59 Å². The van der Waals surface area contributed by atoms with Crippen molar-refractivity contribution in [1.82, 2.24) is 5.32 Å². The smallest absolute Gasteiger partial charge is 0.291 e. The predicted octanol–water partition coefficient (Wildman–Crippen LogP) is 3.90. The van der Waals surface area contributed by atoms with Gasteiger partial charge in [-0.1, -0.05) is 12.5 Å². The molecule has 0 aliphatic heterocycles. The molecule has 1 aromatic carbocycles. The Morgan fingerprint density at radius 2 is 1.83 bits per heavy atom. The van der Waals surface area contributed by atoms with Crippen LogP contribution in [-0.4, -0.2) is 23.9 Å². The van der Waals surface area contributed by atoms with E-state index in [2.05, 4.69) is 10.6 Å². The number of anilines is 1. The summed E-state index contributed by atoms with van der Waals surface area (Å²) in [5.74, 6) is 0.748. The van der Waals surface area contributed by atoms with Crippen molar-refractivity contribution in [3.63, 3.8) is 0 Å². The minimum absolute atomic E-state index is 0. The molecular weight excluding hydrogens is 390 g/mol. The number of benzene rings is 1. The van der Waals surface area contributed by atoms with E-state index in [1.807, 2.05) is 13.0 Å². The van der Waals surface area contributed by atoms with Crippen molar-refractivity contribution in [3.05, 3.63) is 53.5 Å². The second-order valence-electron chi connectivity index (χ2n) is 8.14. The van der Waals surface area contributed by atoms with Crippen LogP contribution in [0.25, 0.3) is 0 Å². The van der Waals surface area contributed by atoms with Gasteiger partial charge in [0.05, 0.1) is 6.26 Å². The molecule has 7 heteroatoms. The van der Waals surface area contributed by atoms with Gasteiger partial charge >= 0.3 is 0 Å². The Hall–Kier alpha value is -2.31. The van der Waals surface area contributed by atoms with Gasteiger partial charge in [0.2, 0.25) is 0 Å². The average Bonchev–Trinajstić information content (AvgIpc) is 3.19. The van der Waals surface area contributed by atoms with E-state index in [4.69, 9.17) is 10.2 Å². The van der Waals surface area contributed by atoms with Gasteiger partial charge in [0.1, 0.15) is 0 Å². The number of fused-ring (bicyclic) bond motifs is 2. The molecule has 2 aliphatic rings. The minimum Gasteiger partial charge on any atom is -0.459 e. The van der Waals surface area contributed by atoms with E-state index >= 15 is 0 Å². The van der Waals surface area contributed by atoms with Gasteiger partial charge in [-0.2, -0.15) is 0 Å². The predicted molar refractivity (Wildman–Crippen MR) is 114 cm³/mol. The highest BCUT2D eigenvalue weighted by atomic mass is 35.5. The molecule has 2 fully saturated rings. The molecule has 1 aromatic heterocycles. The summed E-state index contributed by atoms with van der Waals surface area (Å²) in [7, 11) is 0. The highest BCUT2D eigenvalue weighted by molar-refractivity contribution is 6.04. The lowest BCUT2D eigenvalue weighted by Gasteiger charge is -2.45. The first-order valence-electron chi connectivity index (χ1n) is 10.0. The molecule has 2 unspecified atom stereocenters. The highest BCUT2D eigenvalue weighted by Crippen LogP contribution is 2.39. The fraction of sp³-hybridized carbons (Fsp3) is 0.455. The first-order valence-corrected chi connectivity index (χ1v) is 10.0. The third-order valence-corrected chi connectivity index (χ3v) is 6.17. The zero-order valence-corrected chi connectivity index (χ0v) is 17.3. The molecule has 2 saturated carbocycles. The number of halogens is 1. The lowest BCUT2D eigenvalue weighted by Crippen LogP contribution is -2.53. The Labute approximate surface area is 177 Å². The van der Waals surface area contributed by atoms with Crippen LogP contribution in [0, 0.1) is 18.8 Å². The van der Waals surface area contributed by atoms with Gasteiger partial charge < -0.3 is 20.8 Å². The molecule has 4 N–H and O–H groups in total. The van der Waals surface area contributed by atoms with Crippen LogP contribution in [-0.2, 0) is 0 Å². The Morgan fingerprint density at radius 3 is 2.48 bits per heavy atom. The summed E-state index contributed by atoms with van der Waals surface area (Å²) in [6.45, 7) is 1.90. The summed E-state index contributed by atoms with van der Waals surface area (Å²) >= 11 is 0. The van der Waals surface area contributed by atoms with E-state index in [-0.39, 0.29) is 42.1 Å². The minimum atomic E-state index is -0.332. The van der Waals surface area contributed by atoms with E-state index in [1.54, 1.807) is 24.3 Å². The van der Waals surface area contributed by atoms with Crippen LogP contribution in [0.2, 0.25) is 0 Å². The molecule has 2 bridgehead atoms. The molecule has 156 valence electrons. The van der Waals surface area contributed by atoms with Crippen LogP contribution in [0.3, 0.4) is 0 Å². The number of hydrogen-bond acceptors (Lipinski definition) is 4. The van der Waals surface area contributed by atoms with Gasteiger partial charge in [-0.3, -0.25) is 9.59 Å². The Bertz CT molecular complexity index is 854. The van der Waals surface area contributed by atoms with Crippen molar-refractivity contribution in [2.24, 2.45) is 17.6 Å². The molecule has 2 amide bonds. The van der Waals surface area contributed by atoms with Gasteiger partial charge in [-0.05, 0) is 74.3 Å². The maximum Gasteiger partial charge on any atom is 0.291 e. The number of amides is 2. The standard InChI is InChI=1S/C22H27N3O3.ClH/c1-13-7-8-16(12-18(13)24-22(27)19-6-3-9-28-19)21(26)25-20-14-4-2-5-15(20)11-17(23)10-14;/h3,6-9,12,14-15,17,20H,2,4-5,10-11,23H2,1H3,(H,24,27)(H,25,26);1H. The maximum absolute atomic E-state index is 12.9. The summed E-state index contributed by atoms with van der Waals surface area (Å²) in [6, 6.07) is 9.11. The second-order valence-corrected chi connectivity index (χ2v) is 8.14. The van der Waals surface area contributed by atoms with Gasteiger partial charge in [0.25, 0.3) is 11.8 Å². The topological polar surface area (TPSA) is 97.4 Å². The number of hydrogen-bond donors (Lipinski definition) is 3. The molecule has 2 atom stereocenters. The fourth-order valence-corrected chi connectivity index (χ4v) is 4.75. The number of carbonyl (C=O) groups is 2. The average molecular weight is 418 g/mol. The van der Waals surface area contributed by atoms with Gasteiger partial charge in [-0.15, -0.1) is 12.4 Å². The molecule has 0 spiro atoms. The molecule has 29 heavy (non-hydrogen) atoms. The third kappa shape index (κ3) is 4.65. The summed E-state index contributed by atoms with van der Waals surface area (Å²) in [5, 5.41) is 6.09. The normalized spacial score (nSPS) is 25.6. The van der Waals surface area contributed by atoms with Gasteiger partial charge in [0, 0.05) is 23.3 Å². The zero-order chi connectivity index (χ0) is 19.7. The Balaban J connectivity index is 0.00000240. The van der Waals surface area contributed by atoms with Crippen molar-refractivity contribution in [2.45, 2.75) is 51.1 Å². The van der Waals surface area contributed by atoms with E-state index in [0.717, 1.165) is 31.2 Å². The van der Waals surface area contributed by atoms with E-state index in [1.165, 1.54) is 12.7 Å². The van der Waals surface area contributed by atoms with Gasteiger partial charge in [0.15, 0.2) is 5.76 Å². The number of rotatable bonds is 4. The first-order chi connectivity index (χ1) is 13.5. The highest BCUT2D eigenvalue weighted by Gasteiger charge is 2.40. The number of nitrogens with two attached hydrogens (primary N) is 1. The van der Waals surface area contributed by atoms with E-state index in [0.29, 0.717) is 23.1 Å². The lowest BCUT2D eigenvalue weighted by atomic mass is 9.67. The molecule has 4 rings (SSSR count). The number of carbonyl (C=O) groups excluding carboxylic acids is 2. The summed E-state index contributed by atoms with van der Waals surface area (Å²) < 4.78 is 5.14. The van der Waals surface area contributed by atoms with Crippen molar-refractivity contribution in [3.8, 4) is 0 Å². The SMILES string of the molecule is Cc1ccc(C(=O)NC2C3CCCC2CC(N)C3)cc1NC(=O)c1ccco1.Cl. The van der Waals surface area contributed by atoms with Crippen molar-refractivity contribution in [1.29, 1.82) is 0 Å². The van der Waals surface area contributed by atoms with Crippen molar-refractivity contribution in [2.75, 3.05) is 5.32 Å². The van der Waals surface area contributed by atoms with Crippen LogP contribution >= 0.6 is 12.4 Å². The molecule has 6 nitrogen and oxygen atoms in total. The Kier molecular flexibility index (Phi) is 6.65. The summed E-state index contributed by atoms with van der Waals surface area (Å²) in [4.78, 5) is 25.2. The van der Waals surface area contributed by atoms with Crippen molar-refractivity contribution < 1.29 is 14.0 Å². The van der Waals surface area contributed by atoms with Crippen molar-refractivity contribution >= 4 is 29.9 Å². The van der Waals surface area contributed by atoms with Crippen LogP contribution < -0.4 is 16.4 Å². The summed E-state index contributed by atoms with van der Waals surface area (Å²) in [5.41, 5.74) is 8.24. The van der Waals surface area contributed by atoms with Crippen LogP contribution in [0.4, 0.5) is 5.69 Å². The monoisotopic (exact) mass is 417 g/mol. The zero-order valence-electron chi connectivity index (χ0n) is 16.5. The van der Waals surface area contributed by atoms with Crippen LogP contribution in [0.15, 0.2) is 41.0 Å². The lowest BCUT2D eigenvalue weighted by molar-refractivity contribution is 0.0756. The molecular formula is C22H28ClN3O3. The largest absolute Gasteiger partial charge is 0.459 e. The molecule has 2 aliphatic carbocycles. The fourth-order valence-electron chi connectivity index (χ4n) is 4.75. The molecule has 2 aromatic rings. The summed E-state index contributed by atoms with van der Waals surface area (Å²) in [6.07, 6.45) is 6.92. The third-order valence-electron chi connectivity index (χ3n) is 6.17. The number of nitrogens with one attached hydrogen (secondary N) is 2. The second kappa shape index (κ2) is 9.01. The van der Waals surface area contributed by atoms with E-state index < -0.39 is 0 Å². The Morgan fingerprint density at radius 1 is 1.10 bits per heavy atom. The molecule has 0 radical (unpaired) electrons. The number of furan rings is 1. The van der Waals surface area contributed by atoms with Gasteiger partial charge in [-0.25, -0.2) is 0 Å². The van der Waals surface area contributed by atoms with Crippen LogP contribution in [0.5, 0.6) is 0 Å². The maximum atomic E-state index is 12.9. The molecule has 0 saturated heterocycles. The number of aryl methyl sites for hydroxylation is 1. The molecule has 1 heterocycles. The van der Waals surface area contributed by atoms with Crippen LogP contribution in [0.1, 0.15) is 58.6 Å². The quantitative estimate of drug-likeness (QED) is 0.702. The first kappa shape index (κ1) is 21.4.